The molecule has 2 unspecified atom stereocenters. The number of rotatable bonds is 0. The van der Waals surface area contributed by atoms with Crippen LogP contribution >= 0.6 is 0 Å². The highest BCUT2D eigenvalue weighted by molar-refractivity contribution is 6.93. The summed E-state index contributed by atoms with van der Waals surface area (Å²) >= 11 is 0. The highest BCUT2D eigenvalue weighted by Crippen LogP contribution is 2.47. The van der Waals surface area contributed by atoms with Crippen molar-refractivity contribution in [1.29, 1.82) is 0 Å². The Morgan fingerprint density at radius 3 is 3.00 bits per heavy atom. The van der Waals surface area contributed by atoms with E-state index < -0.39 is 8.07 Å². The van der Waals surface area contributed by atoms with Gasteiger partial charge in [-0.1, -0.05) is 30.3 Å². The average molecular weight is 242 g/mol. The molecule has 0 saturated heterocycles. The summed E-state index contributed by atoms with van der Waals surface area (Å²) in [5.41, 5.74) is 7.05. The minimum Gasteiger partial charge on any atom is -0.0652 e. The highest BCUT2D eigenvalue weighted by atomic mass is 28.3. The van der Waals surface area contributed by atoms with E-state index in [1.807, 2.05) is 10.8 Å². The summed E-state index contributed by atoms with van der Waals surface area (Å²) in [6, 6.07) is 5.73. The molecular weight excluding hydrogens is 220 g/mol. The molecule has 1 heteroatoms. The van der Waals surface area contributed by atoms with E-state index >= 15 is 0 Å². The van der Waals surface area contributed by atoms with Crippen LogP contribution < -0.4 is 5.19 Å². The van der Waals surface area contributed by atoms with Gasteiger partial charge in [0, 0.05) is 0 Å². The zero-order chi connectivity index (χ0) is 11.6. The van der Waals surface area contributed by atoms with Gasteiger partial charge in [0.1, 0.15) is 0 Å². The molecule has 0 radical (unpaired) electrons. The lowest BCUT2D eigenvalue weighted by atomic mass is 9.80. The lowest BCUT2D eigenvalue weighted by Crippen LogP contribution is -2.46. The third-order valence-corrected chi connectivity index (χ3v) is 10.3. The maximum atomic E-state index is 2.68. The monoisotopic (exact) mass is 242 g/mol. The van der Waals surface area contributed by atoms with Crippen molar-refractivity contribution in [2.45, 2.75) is 63.6 Å². The Morgan fingerprint density at radius 2 is 2.12 bits per heavy atom. The van der Waals surface area contributed by atoms with Gasteiger partial charge >= 0.3 is 0 Å². The smallest absolute Gasteiger partial charge is 0.0652 e. The molecule has 0 aromatic heterocycles. The molecular formula is C16H22Si. The van der Waals surface area contributed by atoms with Crippen molar-refractivity contribution in [3.63, 3.8) is 0 Å². The first-order valence-corrected chi connectivity index (χ1v) is 10.3. The summed E-state index contributed by atoms with van der Waals surface area (Å²) in [4.78, 5) is 0. The van der Waals surface area contributed by atoms with E-state index in [4.69, 9.17) is 0 Å². The van der Waals surface area contributed by atoms with Gasteiger partial charge in [0.2, 0.25) is 0 Å². The minimum absolute atomic E-state index is 0.974. The summed E-state index contributed by atoms with van der Waals surface area (Å²) in [5.74, 6) is 0.974. The quantitative estimate of drug-likeness (QED) is 0.609. The summed E-state index contributed by atoms with van der Waals surface area (Å²) in [6.45, 7) is 5.04. The Labute approximate surface area is 105 Å². The largest absolute Gasteiger partial charge is 0.0850 e. The van der Waals surface area contributed by atoms with Crippen molar-refractivity contribution in [2.24, 2.45) is 0 Å². The standard InChI is InChI=1S/C16H22Si/c1-11-9-12-6-4-8-17(2)10-13-5-3-7-14(11)15(13)16(12)17/h9,13H,3-8,10H2,1-2H3. The first-order chi connectivity index (χ1) is 8.19. The summed E-state index contributed by atoms with van der Waals surface area (Å²) in [5, 5.41) is 1.95. The van der Waals surface area contributed by atoms with Crippen molar-refractivity contribution in [3.8, 4) is 0 Å². The van der Waals surface area contributed by atoms with Crippen LogP contribution in [0.3, 0.4) is 0 Å². The molecule has 0 nitrogen and oxygen atoms in total. The Balaban J connectivity index is 2.06. The molecule has 90 valence electrons. The number of aryl methyl sites for hydroxylation is 2. The van der Waals surface area contributed by atoms with E-state index in [1.165, 1.54) is 32.1 Å². The predicted octanol–water partition coefficient (Wildman–Crippen LogP) is 3.66. The van der Waals surface area contributed by atoms with Crippen LogP contribution in [0.15, 0.2) is 6.07 Å². The summed E-state index contributed by atoms with van der Waals surface area (Å²) < 4.78 is 0. The number of benzene rings is 1. The van der Waals surface area contributed by atoms with E-state index in [-0.39, 0.29) is 0 Å². The van der Waals surface area contributed by atoms with Gasteiger partial charge in [0.15, 0.2) is 0 Å². The Hall–Kier alpha value is -0.563. The van der Waals surface area contributed by atoms with E-state index in [9.17, 15) is 0 Å². The van der Waals surface area contributed by atoms with Crippen LogP contribution in [-0.2, 0) is 12.8 Å². The van der Waals surface area contributed by atoms with Crippen LogP contribution in [0.25, 0.3) is 0 Å². The van der Waals surface area contributed by atoms with Gasteiger partial charge in [0.25, 0.3) is 0 Å². The molecule has 0 fully saturated rings. The fourth-order valence-corrected chi connectivity index (χ4v) is 10.2. The molecule has 0 spiro atoms. The number of hydrogen-bond donors (Lipinski definition) is 0. The minimum atomic E-state index is -1.04. The molecule has 1 aliphatic carbocycles. The van der Waals surface area contributed by atoms with E-state index in [0.717, 1.165) is 5.92 Å². The van der Waals surface area contributed by atoms with Crippen molar-refractivity contribution >= 4 is 13.3 Å². The third kappa shape index (κ3) is 1.24. The topological polar surface area (TPSA) is 0 Å². The molecule has 17 heavy (non-hydrogen) atoms. The molecule has 0 bridgehead atoms. The van der Waals surface area contributed by atoms with Crippen LogP contribution in [0.1, 0.15) is 47.4 Å². The molecule has 2 atom stereocenters. The molecule has 1 aromatic carbocycles. The van der Waals surface area contributed by atoms with Crippen LogP contribution in [0.5, 0.6) is 0 Å². The second-order valence-electron chi connectivity index (χ2n) is 6.83. The van der Waals surface area contributed by atoms with Gasteiger partial charge in [-0.15, -0.1) is 0 Å². The maximum absolute atomic E-state index is 2.68. The fourth-order valence-electron chi connectivity index (χ4n) is 5.06. The first kappa shape index (κ1) is 10.4. The fraction of sp³-hybridized carbons (Fsp3) is 0.625. The second kappa shape index (κ2) is 3.26. The van der Waals surface area contributed by atoms with Crippen molar-refractivity contribution < 1.29 is 0 Å². The molecule has 0 N–H and O–H groups in total. The van der Waals surface area contributed by atoms with Crippen molar-refractivity contribution in [3.05, 3.63) is 28.3 Å². The molecule has 3 aliphatic rings. The molecule has 1 aromatic rings. The molecule has 0 saturated carbocycles. The van der Waals surface area contributed by atoms with Gasteiger partial charge in [-0.2, -0.15) is 0 Å². The lowest BCUT2D eigenvalue weighted by Gasteiger charge is -2.31. The van der Waals surface area contributed by atoms with Crippen LogP contribution in [-0.4, -0.2) is 8.07 Å². The SMILES string of the molecule is Cc1cc2c3c4c1CCCC4C[Si]3(C)CCC2. The normalized spacial score (nSPS) is 33.6. The number of hydrogen-bond acceptors (Lipinski definition) is 0. The zero-order valence-electron chi connectivity index (χ0n) is 11.1. The second-order valence-corrected chi connectivity index (χ2v) is 11.4. The third-order valence-electron chi connectivity index (χ3n) is 5.65. The zero-order valence-corrected chi connectivity index (χ0v) is 12.1. The molecule has 4 rings (SSSR count). The van der Waals surface area contributed by atoms with Crippen LogP contribution in [0.2, 0.25) is 18.6 Å². The van der Waals surface area contributed by atoms with E-state index in [1.54, 1.807) is 28.8 Å². The van der Waals surface area contributed by atoms with Gasteiger partial charge in [-0.3, -0.25) is 0 Å². The van der Waals surface area contributed by atoms with Crippen LogP contribution in [0.4, 0.5) is 0 Å². The first-order valence-electron chi connectivity index (χ1n) is 7.35. The summed E-state index contributed by atoms with van der Waals surface area (Å²) in [7, 11) is -1.04. The Morgan fingerprint density at radius 1 is 1.24 bits per heavy atom. The molecule has 2 aliphatic heterocycles. The lowest BCUT2D eigenvalue weighted by molar-refractivity contribution is 0.595. The maximum Gasteiger partial charge on any atom is 0.0850 e. The van der Waals surface area contributed by atoms with Crippen molar-refractivity contribution in [2.75, 3.05) is 0 Å². The van der Waals surface area contributed by atoms with Gasteiger partial charge < -0.3 is 0 Å². The van der Waals surface area contributed by atoms with Gasteiger partial charge in [0.05, 0.1) is 8.07 Å². The molecule has 0 amide bonds. The predicted molar refractivity (Wildman–Crippen MR) is 76.0 cm³/mol. The summed E-state index contributed by atoms with van der Waals surface area (Å²) in [6.07, 6.45) is 7.15. The van der Waals surface area contributed by atoms with Crippen LogP contribution in [0, 0.1) is 6.92 Å². The van der Waals surface area contributed by atoms with Crippen molar-refractivity contribution in [1.82, 2.24) is 0 Å². The van der Waals surface area contributed by atoms with E-state index in [0.29, 0.717) is 0 Å². The molecule has 2 heterocycles. The van der Waals surface area contributed by atoms with Gasteiger partial charge in [-0.25, -0.2) is 0 Å². The van der Waals surface area contributed by atoms with Gasteiger partial charge in [-0.05, 0) is 66.8 Å². The Kier molecular flexibility index (Phi) is 1.99. The Bertz CT molecular complexity index is 503. The average Bonchev–Trinajstić information content (AvgIpc) is 2.60. The van der Waals surface area contributed by atoms with E-state index in [2.05, 4.69) is 19.5 Å². The highest BCUT2D eigenvalue weighted by Gasteiger charge is 2.46.